The molecular weight excluding hydrogens is 500 g/mol. The van der Waals surface area contributed by atoms with E-state index in [0.717, 1.165) is 64.4 Å². The van der Waals surface area contributed by atoms with Crippen molar-refractivity contribution in [3.05, 3.63) is 12.2 Å². The van der Waals surface area contributed by atoms with Crippen molar-refractivity contribution in [1.29, 1.82) is 0 Å². The fourth-order valence-corrected chi connectivity index (χ4v) is 6.66. The van der Waals surface area contributed by atoms with Gasteiger partial charge in [0.25, 0.3) is 0 Å². The highest BCUT2D eigenvalue weighted by Gasteiger charge is 2.50. The fourth-order valence-electron chi connectivity index (χ4n) is 6.66. The van der Waals surface area contributed by atoms with E-state index in [0.29, 0.717) is 32.7 Å². The molecule has 3 saturated heterocycles. The highest BCUT2D eigenvalue weighted by atomic mass is 16.7. The number of ether oxygens (including phenoxy) is 6. The van der Waals surface area contributed by atoms with Crippen molar-refractivity contribution >= 4 is 0 Å². The molecule has 3 aliphatic heterocycles. The third-order valence-corrected chi connectivity index (χ3v) is 8.65. The second-order valence-electron chi connectivity index (χ2n) is 12.0. The van der Waals surface area contributed by atoms with Gasteiger partial charge in [-0.25, -0.2) is 0 Å². The van der Waals surface area contributed by atoms with Crippen LogP contribution >= 0.6 is 0 Å². The second-order valence-corrected chi connectivity index (χ2v) is 12.0. The number of hydrogen-bond acceptors (Lipinski definition) is 8. The Labute approximate surface area is 235 Å². The lowest BCUT2D eigenvalue weighted by Crippen LogP contribution is -2.46. The Hall–Kier alpha value is -0.580. The summed E-state index contributed by atoms with van der Waals surface area (Å²) in [5.41, 5.74) is 0. The monoisotopic (exact) mass is 554 g/mol. The quantitative estimate of drug-likeness (QED) is 0.226. The van der Waals surface area contributed by atoms with E-state index in [9.17, 15) is 10.2 Å². The van der Waals surface area contributed by atoms with Crippen LogP contribution in [0.1, 0.15) is 97.3 Å². The van der Waals surface area contributed by atoms with E-state index < -0.39 is 18.5 Å². The van der Waals surface area contributed by atoms with Gasteiger partial charge >= 0.3 is 0 Å². The molecular formula is C31H54O8. The van der Waals surface area contributed by atoms with E-state index in [-0.39, 0.29) is 42.5 Å². The van der Waals surface area contributed by atoms with Crippen molar-refractivity contribution in [2.45, 2.75) is 141 Å². The lowest BCUT2D eigenvalue weighted by atomic mass is 9.82. The van der Waals surface area contributed by atoms with Crippen LogP contribution in [0.2, 0.25) is 0 Å². The predicted octanol–water partition coefficient (Wildman–Crippen LogP) is 5.09. The summed E-state index contributed by atoms with van der Waals surface area (Å²) >= 11 is 0. The Morgan fingerprint density at radius 2 is 1.59 bits per heavy atom. The standard InChI is InChI=1S/C31H54O8/c1-3-4-5-11-24(38-27-12-6-8-16-34-27)15-14-23-21-26(33)29(30(23)39-28-13-7-9-17-35-28)25(20-22(2)32)31-36-18-10-19-37-31/h14-15,22-33H,3-13,16-21H2,1-2H3. The molecule has 226 valence electrons. The molecule has 4 aliphatic rings. The van der Waals surface area contributed by atoms with Gasteiger partial charge in [-0.3, -0.25) is 0 Å². The van der Waals surface area contributed by atoms with Crippen LogP contribution < -0.4 is 0 Å². The minimum Gasteiger partial charge on any atom is -0.393 e. The van der Waals surface area contributed by atoms with Crippen LogP contribution in [0.3, 0.4) is 0 Å². The Morgan fingerprint density at radius 1 is 0.897 bits per heavy atom. The summed E-state index contributed by atoms with van der Waals surface area (Å²) in [6.45, 7) is 6.73. The topological polar surface area (TPSA) is 95.8 Å². The first-order chi connectivity index (χ1) is 19.0. The fraction of sp³-hybridized carbons (Fsp3) is 0.935. The van der Waals surface area contributed by atoms with Gasteiger partial charge in [0.15, 0.2) is 18.9 Å². The zero-order valence-electron chi connectivity index (χ0n) is 24.3. The smallest absolute Gasteiger partial charge is 0.160 e. The summed E-state index contributed by atoms with van der Waals surface area (Å²) in [5, 5.41) is 21.9. The van der Waals surface area contributed by atoms with Gasteiger partial charge in [-0.05, 0) is 71.1 Å². The zero-order chi connectivity index (χ0) is 27.5. The molecule has 1 saturated carbocycles. The van der Waals surface area contributed by atoms with Crippen molar-refractivity contribution in [2.24, 2.45) is 17.8 Å². The van der Waals surface area contributed by atoms with Crippen LogP contribution in [-0.4, -0.2) is 79.9 Å². The molecule has 0 amide bonds. The highest BCUT2D eigenvalue weighted by Crippen LogP contribution is 2.44. The molecule has 0 radical (unpaired) electrons. The van der Waals surface area contributed by atoms with Crippen molar-refractivity contribution in [2.75, 3.05) is 26.4 Å². The lowest BCUT2D eigenvalue weighted by molar-refractivity contribution is -0.246. The van der Waals surface area contributed by atoms with E-state index >= 15 is 0 Å². The third-order valence-electron chi connectivity index (χ3n) is 8.65. The van der Waals surface area contributed by atoms with Crippen LogP contribution in [-0.2, 0) is 28.4 Å². The van der Waals surface area contributed by atoms with Crippen LogP contribution in [0.4, 0.5) is 0 Å². The van der Waals surface area contributed by atoms with Gasteiger partial charge in [0.2, 0.25) is 0 Å². The van der Waals surface area contributed by atoms with Gasteiger partial charge in [-0.15, -0.1) is 0 Å². The first-order valence-corrected chi connectivity index (χ1v) is 15.9. The van der Waals surface area contributed by atoms with E-state index in [1.165, 1.54) is 12.8 Å². The Balaban J connectivity index is 1.52. The number of unbranched alkanes of at least 4 members (excludes halogenated alkanes) is 2. The average Bonchev–Trinajstić information content (AvgIpc) is 3.26. The Bertz CT molecular complexity index is 684. The summed E-state index contributed by atoms with van der Waals surface area (Å²) in [6, 6.07) is 0. The summed E-state index contributed by atoms with van der Waals surface area (Å²) in [7, 11) is 0. The summed E-state index contributed by atoms with van der Waals surface area (Å²) in [4.78, 5) is 0. The number of aliphatic hydroxyl groups is 2. The summed E-state index contributed by atoms with van der Waals surface area (Å²) < 4.78 is 37.0. The Morgan fingerprint density at radius 3 is 2.23 bits per heavy atom. The molecule has 4 rings (SSSR count). The Kier molecular flexibility index (Phi) is 13.5. The van der Waals surface area contributed by atoms with Crippen LogP contribution in [0.25, 0.3) is 0 Å². The molecule has 0 aromatic heterocycles. The highest BCUT2D eigenvalue weighted by molar-refractivity contribution is 5.06. The van der Waals surface area contributed by atoms with Crippen LogP contribution in [0.15, 0.2) is 12.2 Å². The molecule has 0 spiro atoms. The third kappa shape index (κ3) is 9.74. The normalized spacial score (nSPS) is 35.3. The van der Waals surface area contributed by atoms with Gasteiger partial charge in [0.05, 0.1) is 37.6 Å². The molecule has 0 aromatic rings. The molecule has 0 aromatic carbocycles. The first-order valence-electron chi connectivity index (χ1n) is 15.9. The van der Waals surface area contributed by atoms with E-state index in [1.807, 2.05) is 0 Å². The molecule has 4 fully saturated rings. The molecule has 2 N–H and O–H groups in total. The average molecular weight is 555 g/mol. The maximum absolute atomic E-state index is 11.5. The van der Waals surface area contributed by atoms with Crippen LogP contribution in [0, 0.1) is 17.8 Å². The van der Waals surface area contributed by atoms with E-state index in [4.69, 9.17) is 28.4 Å². The largest absolute Gasteiger partial charge is 0.393 e. The van der Waals surface area contributed by atoms with Gasteiger partial charge in [0, 0.05) is 31.0 Å². The second kappa shape index (κ2) is 16.8. The van der Waals surface area contributed by atoms with Gasteiger partial charge in [-0.2, -0.15) is 0 Å². The predicted molar refractivity (Wildman–Crippen MR) is 148 cm³/mol. The number of aliphatic hydroxyl groups excluding tert-OH is 2. The molecule has 9 atom stereocenters. The molecule has 8 heteroatoms. The zero-order valence-corrected chi connectivity index (χ0v) is 24.3. The molecule has 0 bridgehead atoms. The molecule has 1 aliphatic carbocycles. The van der Waals surface area contributed by atoms with E-state index in [2.05, 4.69) is 19.1 Å². The number of hydrogen-bond donors (Lipinski definition) is 2. The van der Waals surface area contributed by atoms with Gasteiger partial charge in [-0.1, -0.05) is 38.3 Å². The van der Waals surface area contributed by atoms with Crippen molar-refractivity contribution < 1.29 is 38.6 Å². The first kappa shape index (κ1) is 31.4. The molecule has 8 nitrogen and oxygen atoms in total. The van der Waals surface area contributed by atoms with Gasteiger partial charge in [0.1, 0.15) is 0 Å². The lowest BCUT2D eigenvalue weighted by Gasteiger charge is -2.40. The van der Waals surface area contributed by atoms with E-state index in [1.54, 1.807) is 6.92 Å². The maximum Gasteiger partial charge on any atom is 0.160 e. The van der Waals surface area contributed by atoms with Gasteiger partial charge < -0.3 is 38.6 Å². The minimum absolute atomic E-state index is 0.000153. The SMILES string of the molecule is CCCCCC(C=CC1CC(O)C(C(CC(C)O)C2OCCCO2)C1OC1CCCCO1)OC1CCCCO1. The maximum atomic E-state index is 11.5. The molecule has 3 heterocycles. The minimum atomic E-state index is -0.591. The van der Waals surface area contributed by atoms with Crippen molar-refractivity contribution in [3.63, 3.8) is 0 Å². The molecule has 39 heavy (non-hydrogen) atoms. The van der Waals surface area contributed by atoms with Crippen LogP contribution in [0.5, 0.6) is 0 Å². The number of rotatable bonds is 14. The summed E-state index contributed by atoms with van der Waals surface area (Å²) in [6.07, 6.45) is 14.6. The van der Waals surface area contributed by atoms with Crippen molar-refractivity contribution in [3.8, 4) is 0 Å². The molecule has 9 unspecified atom stereocenters. The summed E-state index contributed by atoms with van der Waals surface area (Å²) in [5.74, 6) is -0.413. The van der Waals surface area contributed by atoms with Crippen molar-refractivity contribution in [1.82, 2.24) is 0 Å².